The molecule has 1 fully saturated rings. The van der Waals surface area contributed by atoms with Crippen molar-refractivity contribution < 1.29 is 13.2 Å². The number of benzene rings is 2. The Morgan fingerprint density at radius 3 is 2.46 bits per heavy atom. The molecular weight excluding hydrogens is 342 g/mol. The normalized spacial score (nSPS) is 18.1. The first-order chi connectivity index (χ1) is 11.5. The van der Waals surface area contributed by atoms with Gasteiger partial charge in [-0.25, -0.2) is 12.7 Å². The van der Waals surface area contributed by atoms with Crippen molar-refractivity contribution in [3.05, 3.63) is 71.8 Å². The van der Waals surface area contributed by atoms with Gasteiger partial charge in [0.2, 0.25) is 0 Å². The highest BCUT2D eigenvalue weighted by Gasteiger charge is 2.36. The molecule has 1 heterocycles. The standard InChI is InChI=1S/C18H17NO3S2/c1-14-7-11-17(12-8-14)24(20,21)19-13-16(22-18(19)23)10-9-15-5-3-2-4-6-15/h2-12,16H,13H2,1H3/b10-9+. The van der Waals surface area contributed by atoms with Gasteiger partial charge in [0.25, 0.3) is 15.2 Å². The maximum absolute atomic E-state index is 12.7. The number of thiocarbonyl (C=S) groups is 1. The Balaban J connectivity index is 1.77. The molecule has 0 aliphatic carbocycles. The minimum Gasteiger partial charge on any atom is -0.461 e. The minimum absolute atomic E-state index is 0.0155. The Morgan fingerprint density at radius 1 is 1.12 bits per heavy atom. The van der Waals surface area contributed by atoms with Crippen molar-refractivity contribution in [1.29, 1.82) is 0 Å². The van der Waals surface area contributed by atoms with E-state index in [0.717, 1.165) is 15.4 Å². The van der Waals surface area contributed by atoms with Crippen LogP contribution in [-0.2, 0) is 14.8 Å². The summed E-state index contributed by atoms with van der Waals surface area (Å²) in [7, 11) is -3.69. The van der Waals surface area contributed by atoms with Crippen LogP contribution in [0.4, 0.5) is 0 Å². The molecule has 2 aromatic carbocycles. The van der Waals surface area contributed by atoms with E-state index < -0.39 is 16.1 Å². The van der Waals surface area contributed by atoms with Crippen molar-refractivity contribution in [2.24, 2.45) is 0 Å². The monoisotopic (exact) mass is 359 g/mol. The van der Waals surface area contributed by atoms with Gasteiger partial charge in [0.15, 0.2) is 0 Å². The Labute approximate surface area is 147 Å². The predicted molar refractivity (Wildman–Crippen MR) is 98.0 cm³/mol. The minimum atomic E-state index is -3.69. The van der Waals surface area contributed by atoms with Gasteiger partial charge in [-0.15, -0.1) is 0 Å². The van der Waals surface area contributed by atoms with Crippen molar-refractivity contribution in [3.63, 3.8) is 0 Å². The molecule has 124 valence electrons. The largest absolute Gasteiger partial charge is 0.461 e. The fourth-order valence-corrected chi connectivity index (χ4v) is 4.19. The smallest absolute Gasteiger partial charge is 0.274 e. The lowest BCUT2D eigenvalue weighted by Gasteiger charge is -2.15. The number of hydrogen-bond acceptors (Lipinski definition) is 4. The van der Waals surface area contributed by atoms with Crippen LogP contribution in [0, 0.1) is 6.92 Å². The summed E-state index contributed by atoms with van der Waals surface area (Å²) >= 11 is 5.11. The van der Waals surface area contributed by atoms with E-state index in [2.05, 4.69) is 0 Å². The van der Waals surface area contributed by atoms with Crippen LogP contribution in [0.2, 0.25) is 0 Å². The van der Waals surface area contributed by atoms with Gasteiger partial charge in [-0.3, -0.25) is 0 Å². The zero-order valence-corrected chi connectivity index (χ0v) is 14.8. The van der Waals surface area contributed by atoms with Crippen molar-refractivity contribution in [2.75, 3.05) is 6.54 Å². The number of aryl methyl sites for hydroxylation is 1. The van der Waals surface area contributed by atoms with Gasteiger partial charge in [-0.1, -0.05) is 54.1 Å². The first-order valence-corrected chi connectivity index (χ1v) is 9.35. The molecule has 0 amide bonds. The number of ether oxygens (including phenoxy) is 1. The fourth-order valence-electron chi connectivity index (χ4n) is 2.38. The summed E-state index contributed by atoms with van der Waals surface area (Å²) in [5.41, 5.74) is 2.02. The lowest BCUT2D eigenvalue weighted by molar-refractivity contribution is 0.287. The molecule has 24 heavy (non-hydrogen) atoms. The second kappa shape index (κ2) is 6.75. The van der Waals surface area contributed by atoms with Crippen LogP contribution in [0.1, 0.15) is 11.1 Å². The third-order valence-corrected chi connectivity index (χ3v) is 5.91. The summed E-state index contributed by atoms with van der Waals surface area (Å²) in [4.78, 5) is 0.215. The van der Waals surface area contributed by atoms with E-state index in [0.29, 0.717) is 0 Å². The van der Waals surface area contributed by atoms with Gasteiger partial charge in [-0.05, 0) is 42.9 Å². The zero-order chi connectivity index (χ0) is 17.2. The molecule has 1 atom stereocenters. The van der Waals surface area contributed by atoms with Crippen molar-refractivity contribution in [2.45, 2.75) is 17.9 Å². The third-order valence-electron chi connectivity index (χ3n) is 3.71. The average molecular weight is 359 g/mol. The van der Waals surface area contributed by atoms with E-state index in [-0.39, 0.29) is 16.6 Å². The third kappa shape index (κ3) is 3.49. The Bertz CT molecular complexity index is 859. The summed E-state index contributed by atoms with van der Waals surface area (Å²) < 4.78 is 32.1. The molecule has 1 saturated heterocycles. The van der Waals surface area contributed by atoms with Gasteiger partial charge in [0, 0.05) is 0 Å². The van der Waals surface area contributed by atoms with E-state index in [1.165, 1.54) is 0 Å². The number of rotatable bonds is 4. The summed E-state index contributed by atoms with van der Waals surface area (Å²) in [6.45, 7) is 2.09. The molecule has 3 rings (SSSR count). The second-order valence-corrected chi connectivity index (χ2v) is 7.75. The lowest BCUT2D eigenvalue weighted by Crippen LogP contribution is -2.32. The molecule has 2 aromatic rings. The van der Waals surface area contributed by atoms with Crippen LogP contribution in [0.3, 0.4) is 0 Å². The second-order valence-electron chi connectivity index (χ2n) is 5.54. The van der Waals surface area contributed by atoms with Crippen LogP contribution in [0.15, 0.2) is 65.6 Å². The van der Waals surface area contributed by atoms with Gasteiger partial charge in [-0.2, -0.15) is 0 Å². The molecule has 1 aliphatic rings. The molecule has 0 aromatic heterocycles. The molecule has 0 spiro atoms. The van der Waals surface area contributed by atoms with Crippen LogP contribution in [-0.4, -0.2) is 30.5 Å². The average Bonchev–Trinajstić information content (AvgIpc) is 2.96. The molecule has 6 heteroatoms. The Morgan fingerprint density at radius 2 is 1.79 bits per heavy atom. The Hall–Kier alpha value is -2.18. The van der Waals surface area contributed by atoms with Gasteiger partial charge >= 0.3 is 0 Å². The Kier molecular flexibility index (Phi) is 4.69. The van der Waals surface area contributed by atoms with E-state index in [1.807, 2.05) is 49.4 Å². The van der Waals surface area contributed by atoms with E-state index in [1.54, 1.807) is 24.3 Å². The first kappa shape index (κ1) is 16.7. The molecule has 1 unspecified atom stereocenters. The molecule has 0 saturated carbocycles. The summed E-state index contributed by atoms with van der Waals surface area (Å²) in [6, 6.07) is 16.4. The lowest BCUT2D eigenvalue weighted by atomic mass is 10.2. The summed E-state index contributed by atoms with van der Waals surface area (Å²) in [5, 5.41) is -0.0155. The number of hydrogen-bond donors (Lipinski definition) is 0. The summed E-state index contributed by atoms with van der Waals surface area (Å²) in [5.74, 6) is 0. The van der Waals surface area contributed by atoms with Crippen LogP contribution in [0.25, 0.3) is 6.08 Å². The predicted octanol–water partition coefficient (Wildman–Crippen LogP) is 3.38. The van der Waals surface area contributed by atoms with E-state index in [4.69, 9.17) is 17.0 Å². The molecule has 0 radical (unpaired) electrons. The fraction of sp³-hybridized carbons (Fsp3) is 0.167. The topological polar surface area (TPSA) is 46.6 Å². The first-order valence-electron chi connectivity index (χ1n) is 7.50. The van der Waals surface area contributed by atoms with Crippen LogP contribution < -0.4 is 0 Å². The van der Waals surface area contributed by atoms with Gasteiger partial charge in [0.05, 0.1) is 11.4 Å². The maximum Gasteiger partial charge on any atom is 0.274 e. The highest BCUT2D eigenvalue weighted by atomic mass is 32.2. The quantitative estimate of drug-likeness (QED) is 0.785. The summed E-state index contributed by atoms with van der Waals surface area (Å²) in [6.07, 6.45) is 3.33. The van der Waals surface area contributed by atoms with E-state index in [9.17, 15) is 8.42 Å². The highest BCUT2D eigenvalue weighted by Crippen LogP contribution is 2.23. The molecule has 0 bridgehead atoms. The van der Waals surface area contributed by atoms with Gasteiger partial charge in [0.1, 0.15) is 6.10 Å². The van der Waals surface area contributed by atoms with Crippen LogP contribution >= 0.6 is 12.2 Å². The number of nitrogens with zero attached hydrogens (tertiary/aromatic N) is 1. The van der Waals surface area contributed by atoms with Crippen LogP contribution in [0.5, 0.6) is 0 Å². The highest BCUT2D eigenvalue weighted by molar-refractivity contribution is 7.91. The number of sulfonamides is 1. The molecule has 1 aliphatic heterocycles. The zero-order valence-electron chi connectivity index (χ0n) is 13.1. The van der Waals surface area contributed by atoms with Crippen molar-refractivity contribution >= 4 is 33.5 Å². The van der Waals surface area contributed by atoms with Crippen molar-refractivity contribution in [3.8, 4) is 0 Å². The molecule has 0 N–H and O–H groups in total. The molecular formula is C18H17NO3S2. The SMILES string of the molecule is Cc1ccc(S(=O)(=O)N2CC(/C=C/c3ccccc3)OC2=S)cc1. The maximum atomic E-state index is 12.7. The van der Waals surface area contributed by atoms with Gasteiger partial charge < -0.3 is 4.74 Å². The molecule has 4 nitrogen and oxygen atoms in total. The van der Waals surface area contributed by atoms with Crippen molar-refractivity contribution in [1.82, 2.24) is 4.31 Å². The van der Waals surface area contributed by atoms with E-state index >= 15 is 0 Å².